The molecule has 0 bridgehead atoms. The molecule has 1 fully saturated rings. The standard InChI is InChI=1S/C23H29N3O6S/c1-16(2)20-10-9-19(15-17(20)3)32-18(4)23(27)24-11-13-25(14-12-24)33(30,31)22-8-6-5-7-21(22)26(28)29/h5-10,15-16,18H,11-14H2,1-4H3. The second-order valence-electron chi connectivity index (χ2n) is 8.39. The summed E-state index contributed by atoms with van der Waals surface area (Å²) in [6.07, 6.45) is -0.729. The Morgan fingerprint density at radius 1 is 1.06 bits per heavy atom. The maximum atomic E-state index is 13.0. The van der Waals surface area contributed by atoms with E-state index in [1.54, 1.807) is 11.8 Å². The highest BCUT2D eigenvalue weighted by Gasteiger charge is 2.35. The number of hydrogen-bond donors (Lipinski definition) is 0. The average molecular weight is 476 g/mol. The lowest BCUT2D eigenvalue weighted by molar-refractivity contribution is -0.387. The number of nitrogens with zero attached hydrogens (tertiary/aromatic N) is 3. The minimum Gasteiger partial charge on any atom is -0.481 e. The van der Waals surface area contributed by atoms with Gasteiger partial charge >= 0.3 is 0 Å². The minimum atomic E-state index is -4.05. The van der Waals surface area contributed by atoms with Gasteiger partial charge in [0.25, 0.3) is 11.6 Å². The smallest absolute Gasteiger partial charge is 0.289 e. The van der Waals surface area contributed by atoms with Gasteiger partial charge in [-0.1, -0.05) is 32.0 Å². The zero-order valence-corrected chi connectivity index (χ0v) is 20.0. The van der Waals surface area contributed by atoms with E-state index in [1.807, 2.05) is 25.1 Å². The number of amides is 1. The summed E-state index contributed by atoms with van der Waals surface area (Å²) >= 11 is 0. The van der Waals surface area contributed by atoms with E-state index in [9.17, 15) is 23.3 Å². The highest BCUT2D eigenvalue weighted by molar-refractivity contribution is 7.89. The summed E-state index contributed by atoms with van der Waals surface area (Å²) < 4.78 is 33.0. The summed E-state index contributed by atoms with van der Waals surface area (Å²) in [5.41, 5.74) is 1.85. The fourth-order valence-electron chi connectivity index (χ4n) is 3.99. The van der Waals surface area contributed by atoms with E-state index in [0.29, 0.717) is 11.7 Å². The molecule has 0 radical (unpaired) electrons. The monoisotopic (exact) mass is 475 g/mol. The first-order valence-electron chi connectivity index (χ1n) is 10.8. The number of piperazine rings is 1. The van der Waals surface area contributed by atoms with E-state index in [4.69, 9.17) is 4.74 Å². The Morgan fingerprint density at radius 2 is 1.70 bits per heavy atom. The molecule has 1 atom stereocenters. The lowest BCUT2D eigenvalue weighted by atomic mass is 9.98. The summed E-state index contributed by atoms with van der Waals surface area (Å²) in [6.45, 7) is 8.37. The molecule has 1 amide bonds. The predicted molar refractivity (Wildman–Crippen MR) is 124 cm³/mol. The molecule has 10 heteroatoms. The van der Waals surface area contributed by atoms with Crippen molar-refractivity contribution in [1.82, 2.24) is 9.21 Å². The first-order valence-corrected chi connectivity index (χ1v) is 12.3. The molecular weight excluding hydrogens is 446 g/mol. The summed E-state index contributed by atoms with van der Waals surface area (Å²) in [5.74, 6) is 0.765. The number of aryl methyl sites for hydroxylation is 1. The average Bonchev–Trinajstić information content (AvgIpc) is 2.78. The lowest BCUT2D eigenvalue weighted by Gasteiger charge is -2.35. The fourth-order valence-corrected chi connectivity index (χ4v) is 5.57. The Morgan fingerprint density at radius 3 is 2.27 bits per heavy atom. The number of hydrogen-bond acceptors (Lipinski definition) is 6. The van der Waals surface area contributed by atoms with Gasteiger partial charge in [-0.3, -0.25) is 14.9 Å². The molecule has 9 nitrogen and oxygen atoms in total. The van der Waals surface area contributed by atoms with E-state index in [-0.39, 0.29) is 37.0 Å². The SMILES string of the molecule is Cc1cc(OC(C)C(=O)N2CCN(S(=O)(=O)c3ccccc3[N+](=O)[O-])CC2)ccc1C(C)C. The van der Waals surface area contributed by atoms with E-state index >= 15 is 0 Å². The second kappa shape index (κ2) is 9.88. The van der Waals surface area contributed by atoms with Crippen molar-refractivity contribution in [2.24, 2.45) is 0 Å². The number of nitro groups is 1. The number of carbonyl (C=O) groups is 1. The van der Waals surface area contributed by atoms with Gasteiger partial charge in [0.15, 0.2) is 11.0 Å². The molecule has 2 aromatic carbocycles. The van der Waals surface area contributed by atoms with Gasteiger partial charge < -0.3 is 9.64 Å². The van der Waals surface area contributed by atoms with Crippen LogP contribution in [0.3, 0.4) is 0 Å². The number of carbonyl (C=O) groups excluding carboxylic acids is 1. The molecule has 0 N–H and O–H groups in total. The van der Waals surface area contributed by atoms with Crippen LogP contribution in [0.1, 0.15) is 37.8 Å². The number of benzene rings is 2. The van der Waals surface area contributed by atoms with E-state index in [1.165, 1.54) is 34.1 Å². The predicted octanol–water partition coefficient (Wildman–Crippen LogP) is 3.33. The summed E-state index contributed by atoms with van der Waals surface area (Å²) in [5, 5.41) is 11.2. The first-order chi connectivity index (χ1) is 15.5. The number of ether oxygens (including phenoxy) is 1. The maximum Gasteiger partial charge on any atom is 0.289 e. The van der Waals surface area contributed by atoms with Gasteiger partial charge in [-0.25, -0.2) is 8.42 Å². The molecule has 178 valence electrons. The van der Waals surface area contributed by atoms with Gasteiger partial charge in [0.2, 0.25) is 10.0 Å². The largest absolute Gasteiger partial charge is 0.481 e. The molecule has 0 aromatic heterocycles. The van der Waals surface area contributed by atoms with Gasteiger partial charge in [0, 0.05) is 32.2 Å². The van der Waals surface area contributed by atoms with Crippen molar-refractivity contribution in [3.05, 3.63) is 63.7 Å². The number of rotatable bonds is 7. The van der Waals surface area contributed by atoms with Crippen molar-refractivity contribution in [1.29, 1.82) is 0 Å². The highest BCUT2D eigenvalue weighted by Crippen LogP contribution is 2.27. The third kappa shape index (κ3) is 5.33. The van der Waals surface area contributed by atoms with Crippen LogP contribution in [0, 0.1) is 17.0 Å². The molecule has 3 rings (SSSR count). The van der Waals surface area contributed by atoms with E-state index < -0.39 is 26.7 Å². The summed E-state index contributed by atoms with van der Waals surface area (Å²) in [6, 6.07) is 11.0. The van der Waals surface area contributed by atoms with Crippen molar-refractivity contribution in [2.45, 2.75) is 44.6 Å². The van der Waals surface area contributed by atoms with Gasteiger partial charge in [-0.2, -0.15) is 4.31 Å². The third-order valence-corrected chi connectivity index (χ3v) is 7.70. The van der Waals surface area contributed by atoms with Crippen LogP contribution in [0.5, 0.6) is 5.75 Å². The normalized spacial score (nSPS) is 16.0. The van der Waals surface area contributed by atoms with Crippen LogP contribution in [-0.2, 0) is 14.8 Å². The zero-order chi connectivity index (χ0) is 24.3. The van der Waals surface area contributed by atoms with Crippen molar-refractivity contribution in [3.63, 3.8) is 0 Å². The van der Waals surface area contributed by atoms with Crippen LogP contribution in [0.4, 0.5) is 5.69 Å². The molecule has 1 aliphatic heterocycles. The van der Waals surface area contributed by atoms with Gasteiger partial charge in [-0.15, -0.1) is 0 Å². The Bertz CT molecular complexity index is 1140. The number of sulfonamides is 1. The molecule has 1 aliphatic rings. The van der Waals surface area contributed by atoms with Crippen LogP contribution < -0.4 is 4.74 Å². The number of para-hydroxylation sites is 1. The van der Waals surface area contributed by atoms with E-state index in [2.05, 4.69) is 13.8 Å². The molecule has 1 heterocycles. The molecule has 0 spiro atoms. The van der Waals surface area contributed by atoms with Gasteiger partial charge in [0.05, 0.1) is 4.92 Å². The minimum absolute atomic E-state index is 0.0506. The summed E-state index contributed by atoms with van der Waals surface area (Å²) in [4.78, 5) is 24.6. The summed E-state index contributed by atoms with van der Waals surface area (Å²) in [7, 11) is -4.05. The molecule has 1 saturated heterocycles. The van der Waals surface area contributed by atoms with Crippen LogP contribution >= 0.6 is 0 Å². The number of nitro benzene ring substituents is 1. The quantitative estimate of drug-likeness (QED) is 0.449. The Kier molecular flexibility index (Phi) is 7.38. The topological polar surface area (TPSA) is 110 Å². The highest BCUT2D eigenvalue weighted by atomic mass is 32.2. The van der Waals surface area contributed by atoms with Gasteiger partial charge in [0.1, 0.15) is 5.75 Å². The van der Waals surface area contributed by atoms with Crippen molar-refractivity contribution < 1.29 is 22.9 Å². The van der Waals surface area contributed by atoms with Crippen LogP contribution in [-0.4, -0.2) is 60.7 Å². The fraction of sp³-hybridized carbons (Fsp3) is 0.435. The zero-order valence-electron chi connectivity index (χ0n) is 19.2. The van der Waals surface area contributed by atoms with Crippen molar-refractivity contribution >= 4 is 21.6 Å². The molecule has 33 heavy (non-hydrogen) atoms. The molecule has 2 aromatic rings. The molecule has 1 unspecified atom stereocenters. The Balaban J connectivity index is 1.64. The second-order valence-corrected chi connectivity index (χ2v) is 10.3. The Labute approximate surface area is 194 Å². The molecular formula is C23H29N3O6S. The van der Waals surface area contributed by atoms with Crippen molar-refractivity contribution in [3.8, 4) is 5.75 Å². The first kappa shape index (κ1) is 24.7. The lowest BCUT2D eigenvalue weighted by Crippen LogP contribution is -2.53. The van der Waals surface area contributed by atoms with Crippen LogP contribution in [0.15, 0.2) is 47.4 Å². The Hall–Kier alpha value is -2.98. The maximum absolute atomic E-state index is 13.0. The van der Waals surface area contributed by atoms with Crippen molar-refractivity contribution in [2.75, 3.05) is 26.2 Å². The van der Waals surface area contributed by atoms with Crippen LogP contribution in [0.2, 0.25) is 0 Å². The van der Waals surface area contributed by atoms with Crippen LogP contribution in [0.25, 0.3) is 0 Å². The third-order valence-electron chi connectivity index (χ3n) is 5.75. The molecule has 0 aliphatic carbocycles. The molecule has 0 saturated carbocycles. The van der Waals surface area contributed by atoms with E-state index in [0.717, 1.165) is 5.56 Å². The van der Waals surface area contributed by atoms with Gasteiger partial charge in [-0.05, 0) is 49.1 Å².